The van der Waals surface area contributed by atoms with Crippen LogP contribution in [0.15, 0.2) is 57.7 Å². The molecule has 0 bridgehead atoms. The number of quaternary nitrogens is 1. The molecule has 0 saturated carbocycles. The Hall–Kier alpha value is -2.92. The highest BCUT2D eigenvalue weighted by molar-refractivity contribution is 6.01. The number of benzene rings is 2. The molecule has 2 atom stereocenters. The molecular formula is C25H30N3O2+. The summed E-state index contributed by atoms with van der Waals surface area (Å²) in [5, 5.41) is 3.14. The van der Waals surface area contributed by atoms with E-state index in [4.69, 9.17) is 9.40 Å². The number of fused-ring (bicyclic) bond motifs is 3. The molecule has 0 aliphatic carbocycles. The van der Waals surface area contributed by atoms with Crippen molar-refractivity contribution in [3.63, 3.8) is 0 Å². The Kier molecular flexibility index (Phi) is 5.73. The fraction of sp³-hybridized carbons (Fsp3) is 0.360. The maximum atomic E-state index is 12.5. The minimum atomic E-state index is -0.224. The van der Waals surface area contributed by atoms with Crippen molar-refractivity contribution < 1.29 is 9.73 Å². The average Bonchev–Trinajstić information content (AvgIpc) is 3.13. The number of nitrogens with two attached hydrogens (primary N) is 1. The summed E-state index contributed by atoms with van der Waals surface area (Å²) in [4.78, 5) is 20.2. The van der Waals surface area contributed by atoms with Gasteiger partial charge < -0.3 is 14.7 Å². The van der Waals surface area contributed by atoms with E-state index in [1.54, 1.807) is 0 Å². The van der Waals surface area contributed by atoms with Gasteiger partial charge in [-0.15, -0.1) is 0 Å². The van der Waals surface area contributed by atoms with Crippen LogP contribution in [0.2, 0.25) is 0 Å². The number of aromatic amines is 1. The van der Waals surface area contributed by atoms with Crippen molar-refractivity contribution in [1.82, 2.24) is 9.97 Å². The van der Waals surface area contributed by atoms with Crippen LogP contribution in [0.25, 0.3) is 22.1 Å². The molecule has 3 N–H and O–H groups in total. The van der Waals surface area contributed by atoms with Gasteiger partial charge in [0.15, 0.2) is 5.82 Å². The Labute approximate surface area is 176 Å². The van der Waals surface area contributed by atoms with Crippen LogP contribution >= 0.6 is 0 Å². The van der Waals surface area contributed by atoms with Gasteiger partial charge in [-0.3, -0.25) is 4.79 Å². The van der Waals surface area contributed by atoms with Gasteiger partial charge in [-0.1, -0.05) is 64.1 Å². The summed E-state index contributed by atoms with van der Waals surface area (Å²) in [5.41, 5.74) is 4.07. The van der Waals surface area contributed by atoms with Gasteiger partial charge in [0.25, 0.3) is 5.56 Å². The predicted octanol–water partition coefficient (Wildman–Crippen LogP) is 4.64. The summed E-state index contributed by atoms with van der Waals surface area (Å²) in [6.07, 6.45) is 1.14. The van der Waals surface area contributed by atoms with Crippen molar-refractivity contribution in [2.75, 3.05) is 0 Å². The van der Waals surface area contributed by atoms with E-state index >= 15 is 0 Å². The van der Waals surface area contributed by atoms with Crippen LogP contribution in [0.5, 0.6) is 0 Å². The highest BCUT2D eigenvalue weighted by Gasteiger charge is 2.21. The van der Waals surface area contributed by atoms with E-state index in [2.05, 4.69) is 62.3 Å². The molecule has 0 saturated heterocycles. The fourth-order valence-corrected chi connectivity index (χ4v) is 4.06. The average molecular weight is 405 g/mol. The number of nitrogens with one attached hydrogen (secondary N) is 1. The SMILES string of the molecule is CC[C@H](C)c1ccc([C@@H]([NH2+]Cc2nc3c(oc4ccccc43)c(=O)[nH]2)C(C)C)cc1. The zero-order valence-electron chi connectivity index (χ0n) is 18.1. The van der Waals surface area contributed by atoms with Crippen molar-refractivity contribution in [3.8, 4) is 0 Å². The molecule has 0 aliphatic heterocycles. The highest BCUT2D eigenvalue weighted by Crippen LogP contribution is 2.25. The first-order valence-corrected chi connectivity index (χ1v) is 10.8. The molecular weight excluding hydrogens is 374 g/mol. The van der Waals surface area contributed by atoms with Crippen LogP contribution < -0.4 is 10.9 Å². The molecule has 2 aromatic heterocycles. The summed E-state index contributed by atoms with van der Waals surface area (Å²) in [6.45, 7) is 9.54. The lowest BCUT2D eigenvalue weighted by Gasteiger charge is -2.20. The summed E-state index contributed by atoms with van der Waals surface area (Å²) in [5.74, 6) is 1.69. The Morgan fingerprint density at radius 2 is 1.73 bits per heavy atom. The Bertz CT molecular complexity index is 1200. The van der Waals surface area contributed by atoms with E-state index in [0.29, 0.717) is 40.9 Å². The van der Waals surface area contributed by atoms with Gasteiger partial charge in [0.1, 0.15) is 23.7 Å². The molecule has 0 unspecified atom stereocenters. The number of rotatable bonds is 7. The smallest absolute Gasteiger partial charge is 0.294 e. The lowest BCUT2D eigenvalue weighted by Crippen LogP contribution is -2.85. The summed E-state index contributed by atoms with van der Waals surface area (Å²) in [7, 11) is 0. The lowest BCUT2D eigenvalue weighted by molar-refractivity contribution is -0.718. The molecule has 4 aromatic rings. The third-order valence-corrected chi connectivity index (χ3v) is 6.07. The number of para-hydroxylation sites is 1. The molecule has 0 spiro atoms. The summed E-state index contributed by atoms with van der Waals surface area (Å²) >= 11 is 0. The lowest BCUT2D eigenvalue weighted by atomic mass is 9.92. The second kappa shape index (κ2) is 8.44. The zero-order chi connectivity index (χ0) is 21.3. The van der Waals surface area contributed by atoms with Crippen LogP contribution in [-0.4, -0.2) is 9.97 Å². The van der Waals surface area contributed by atoms with E-state index < -0.39 is 0 Å². The number of nitrogens with zero attached hydrogens (tertiary/aromatic N) is 1. The quantitative estimate of drug-likeness (QED) is 0.471. The molecule has 5 heteroatoms. The zero-order valence-corrected chi connectivity index (χ0v) is 18.1. The molecule has 4 rings (SSSR count). The van der Waals surface area contributed by atoms with E-state index in [1.807, 2.05) is 24.3 Å². The molecule has 0 radical (unpaired) electrons. The normalized spacial score (nSPS) is 13.9. The predicted molar refractivity (Wildman–Crippen MR) is 120 cm³/mol. The first-order chi connectivity index (χ1) is 14.5. The fourth-order valence-electron chi connectivity index (χ4n) is 4.06. The molecule has 156 valence electrons. The van der Waals surface area contributed by atoms with Crippen LogP contribution in [0, 0.1) is 5.92 Å². The van der Waals surface area contributed by atoms with Crippen molar-refractivity contribution in [3.05, 3.63) is 75.8 Å². The minimum absolute atomic E-state index is 0.224. The molecule has 5 nitrogen and oxygen atoms in total. The first kappa shape index (κ1) is 20.4. The Morgan fingerprint density at radius 1 is 1.03 bits per heavy atom. The van der Waals surface area contributed by atoms with E-state index in [0.717, 1.165) is 11.8 Å². The van der Waals surface area contributed by atoms with Crippen molar-refractivity contribution in [2.45, 2.75) is 52.6 Å². The van der Waals surface area contributed by atoms with Crippen LogP contribution in [0.4, 0.5) is 0 Å². The van der Waals surface area contributed by atoms with Gasteiger partial charge in [-0.25, -0.2) is 4.98 Å². The van der Waals surface area contributed by atoms with Gasteiger partial charge in [0.05, 0.1) is 0 Å². The second-order valence-electron chi connectivity index (χ2n) is 8.47. The number of H-pyrrole nitrogens is 1. The maximum absolute atomic E-state index is 12.5. The van der Waals surface area contributed by atoms with Crippen molar-refractivity contribution in [2.24, 2.45) is 5.92 Å². The largest absolute Gasteiger partial charge is 0.449 e. The minimum Gasteiger partial charge on any atom is -0.449 e. The third kappa shape index (κ3) is 3.90. The third-order valence-electron chi connectivity index (χ3n) is 6.07. The number of hydrogen-bond donors (Lipinski definition) is 2. The van der Waals surface area contributed by atoms with E-state index in [1.165, 1.54) is 11.1 Å². The topological polar surface area (TPSA) is 75.5 Å². The van der Waals surface area contributed by atoms with Gasteiger partial charge in [0, 0.05) is 16.9 Å². The van der Waals surface area contributed by atoms with Crippen LogP contribution in [0.1, 0.15) is 63.0 Å². The van der Waals surface area contributed by atoms with Crippen LogP contribution in [-0.2, 0) is 6.54 Å². The molecule has 0 fully saturated rings. The van der Waals surface area contributed by atoms with E-state index in [9.17, 15) is 4.79 Å². The molecule has 2 aromatic carbocycles. The molecule has 2 heterocycles. The van der Waals surface area contributed by atoms with Gasteiger partial charge in [-0.05, 0) is 30.0 Å². The van der Waals surface area contributed by atoms with E-state index in [-0.39, 0.29) is 11.6 Å². The molecule has 30 heavy (non-hydrogen) atoms. The molecule has 0 aliphatic rings. The number of aromatic nitrogens is 2. The van der Waals surface area contributed by atoms with Gasteiger partial charge in [0.2, 0.25) is 5.58 Å². The highest BCUT2D eigenvalue weighted by atomic mass is 16.3. The Morgan fingerprint density at radius 3 is 2.43 bits per heavy atom. The Balaban J connectivity index is 1.59. The molecule has 0 amide bonds. The standard InChI is InChI=1S/C25H29N3O2/c1-5-16(4)17-10-12-18(13-11-17)22(15(2)3)26-14-21-27-23-19-8-6-7-9-20(19)30-24(23)25(29)28-21/h6-13,15-16,22,26H,5,14H2,1-4H3,(H,27,28,29)/p+1/t16-,22-/m0/s1. The second-order valence-corrected chi connectivity index (χ2v) is 8.47. The summed E-state index contributed by atoms with van der Waals surface area (Å²) < 4.78 is 5.69. The van der Waals surface area contributed by atoms with Crippen molar-refractivity contribution in [1.29, 1.82) is 0 Å². The monoisotopic (exact) mass is 404 g/mol. The van der Waals surface area contributed by atoms with Crippen molar-refractivity contribution >= 4 is 22.1 Å². The maximum Gasteiger partial charge on any atom is 0.294 e. The number of furan rings is 1. The summed E-state index contributed by atoms with van der Waals surface area (Å²) in [6, 6.07) is 16.9. The van der Waals surface area contributed by atoms with Gasteiger partial charge >= 0.3 is 0 Å². The van der Waals surface area contributed by atoms with Gasteiger partial charge in [-0.2, -0.15) is 0 Å². The number of hydrogen-bond acceptors (Lipinski definition) is 3. The van der Waals surface area contributed by atoms with Crippen LogP contribution in [0.3, 0.4) is 0 Å². The first-order valence-electron chi connectivity index (χ1n) is 10.8.